The third-order valence-electron chi connectivity index (χ3n) is 2.12. The largest absolute Gasteiger partial charge is 0.337 e. The summed E-state index contributed by atoms with van der Waals surface area (Å²) in [6, 6.07) is 7.70. The van der Waals surface area contributed by atoms with Gasteiger partial charge in [-0.05, 0) is 24.4 Å². The summed E-state index contributed by atoms with van der Waals surface area (Å²) < 4.78 is 2.63. The molecule has 2 aromatic rings. The SMILES string of the molecule is Cn1c(-c2cccc(Cl)c2)c[nH]c1=S. The number of halogens is 1. The quantitative estimate of drug-likeness (QED) is 0.737. The van der Waals surface area contributed by atoms with Gasteiger partial charge in [0.05, 0.1) is 5.69 Å². The van der Waals surface area contributed by atoms with Gasteiger partial charge in [-0.25, -0.2) is 0 Å². The number of benzene rings is 1. The number of aromatic nitrogens is 2. The molecule has 2 nitrogen and oxygen atoms in total. The Labute approximate surface area is 92.2 Å². The Bertz CT molecular complexity index is 513. The number of rotatable bonds is 1. The van der Waals surface area contributed by atoms with Gasteiger partial charge < -0.3 is 9.55 Å². The highest BCUT2D eigenvalue weighted by Gasteiger charge is 2.02. The maximum atomic E-state index is 5.91. The van der Waals surface area contributed by atoms with E-state index >= 15 is 0 Å². The zero-order valence-electron chi connectivity index (χ0n) is 7.62. The summed E-state index contributed by atoms with van der Waals surface area (Å²) in [7, 11) is 1.93. The van der Waals surface area contributed by atoms with Gasteiger partial charge in [-0.3, -0.25) is 0 Å². The molecule has 0 saturated heterocycles. The van der Waals surface area contributed by atoms with Gasteiger partial charge in [0.25, 0.3) is 0 Å². The van der Waals surface area contributed by atoms with Crippen LogP contribution in [0.2, 0.25) is 5.02 Å². The second kappa shape index (κ2) is 3.59. The predicted octanol–water partition coefficient (Wildman–Crippen LogP) is 3.40. The van der Waals surface area contributed by atoms with E-state index in [2.05, 4.69) is 4.98 Å². The van der Waals surface area contributed by atoms with Crippen molar-refractivity contribution in [3.63, 3.8) is 0 Å². The molecule has 14 heavy (non-hydrogen) atoms. The average Bonchev–Trinajstić information content (AvgIpc) is 2.48. The maximum absolute atomic E-state index is 5.91. The molecule has 0 aliphatic rings. The van der Waals surface area contributed by atoms with E-state index in [0.717, 1.165) is 16.3 Å². The highest BCUT2D eigenvalue weighted by molar-refractivity contribution is 7.71. The third kappa shape index (κ3) is 1.61. The second-order valence-corrected chi connectivity index (χ2v) is 3.87. The molecule has 0 radical (unpaired) electrons. The van der Waals surface area contributed by atoms with Crippen LogP contribution in [-0.4, -0.2) is 9.55 Å². The molecule has 2 rings (SSSR count). The molecule has 0 bridgehead atoms. The van der Waals surface area contributed by atoms with E-state index in [9.17, 15) is 0 Å². The summed E-state index contributed by atoms with van der Waals surface area (Å²) >= 11 is 11.0. The number of nitrogens with zero attached hydrogens (tertiary/aromatic N) is 1. The van der Waals surface area contributed by atoms with Gasteiger partial charge in [0.2, 0.25) is 0 Å². The van der Waals surface area contributed by atoms with Crippen LogP contribution in [-0.2, 0) is 7.05 Å². The van der Waals surface area contributed by atoms with Crippen LogP contribution < -0.4 is 0 Å². The minimum atomic E-state index is 0.708. The minimum Gasteiger partial charge on any atom is -0.337 e. The molecule has 1 aromatic carbocycles. The molecule has 4 heteroatoms. The van der Waals surface area contributed by atoms with Gasteiger partial charge in [0.1, 0.15) is 0 Å². The van der Waals surface area contributed by atoms with Crippen LogP contribution >= 0.6 is 23.8 Å². The van der Waals surface area contributed by atoms with E-state index in [1.165, 1.54) is 0 Å². The van der Waals surface area contributed by atoms with Gasteiger partial charge >= 0.3 is 0 Å². The lowest BCUT2D eigenvalue weighted by atomic mass is 10.2. The van der Waals surface area contributed by atoms with Crippen LogP contribution in [0, 0.1) is 4.77 Å². The lowest BCUT2D eigenvalue weighted by molar-refractivity contribution is 0.902. The molecule has 0 aliphatic carbocycles. The van der Waals surface area contributed by atoms with Gasteiger partial charge in [0, 0.05) is 23.8 Å². The summed E-state index contributed by atoms with van der Waals surface area (Å²) in [6.07, 6.45) is 1.88. The molecular weight excluding hydrogens is 216 g/mol. The number of hydrogen-bond acceptors (Lipinski definition) is 1. The van der Waals surface area contributed by atoms with Crippen molar-refractivity contribution in [3.05, 3.63) is 40.3 Å². The standard InChI is InChI=1S/C10H9ClN2S/c1-13-9(6-12-10(13)14)7-3-2-4-8(11)5-7/h2-6H,1H3,(H,12,14). The molecular formula is C10H9ClN2S. The molecule has 0 spiro atoms. The zero-order chi connectivity index (χ0) is 10.1. The van der Waals surface area contributed by atoms with Crippen molar-refractivity contribution in [2.45, 2.75) is 0 Å². The van der Waals surface area contributed by atoms with Crippen LogP contribution in [0.1, 0.15) is 0 Å². The van der Waals surface area contributed by atoms with Gasteiger partial charge in [-0.2, -0.15) is 0 Å². The van der Waals surface area contributed by atoms with E-state index in [0.29, 0.717) is 4.77 Å². The predicted molar refractivity (Wildman–Crippen MR) is 61.0 cm³/mol. The van der Waals surface area contributed by atoms with Crippen LogP contribution in [0.5, 0.6) is 0 Å². The molecule has 0 fully saturated rings. The smallest absolute Gasteiger partial charge is 0.177 e. The van der Waals surface area contributed by atoms with Crippen LogP contribution in [0.15, 0.2) is 30.5 Å². The summed E-state index contributed by atoms with van der Waals surface area (Å²) in [5, 5.41) is 0.731. The Morgan fingerprint density at radius 2 is 2.21 bits per heavy atom. The molecule has 0 aliphatic heterocycles. The molecule has 72 valence electrons. The average molecular weight is 225 g/mol. The summed E-state index contributed by atoms with van der Waals surface area (Å²) in [5.41, 5.74) is 2.10. The first-order valence-corrected chi connectivity index (χ1v) is 4.97. The molecule has 0 saturated carbocycles. The van der Waals surface area contributed by atoms with E-state index in [4.69, 9.17) is 23.8 Å². The zero-order valence-corrected chi connectivity index (χ0v) is 9.19. The van der Waals surface area contributed by atoms with E-state index in [-0.39, 0.29) is 0 Å². The lowest BCUT2D eigenvalue weighted by Crippen LogP contribution is -1.90. The Kier molecular flexibility index (Phi) is 2.44. The molecule has 0 atom stereocenters. The highest BCUT2D eigenvalue weighted by Crippen LogP contribution is 2.21. The van der Waals surface area contributed by atoms with Crippen molar-refractivity contribution in [1.29, 1.82) is 0 Å². The van der Waals surface area contributed by atoms with Crippen LogP contribution in [0.3, 0.4) is 0 Å². The maximum Gasteiger partial charge on any atom is 0.177 e. The Hall–Kier alpha value is -1.06. The summed E-state index contributed by atoms with van der Waals surface area (Å²) in [5.74, 6) is 0. The van der Waals surface area contributed by atoms with Crippen molar-refractivity contribution in [1.82, 2.24) is 9.55 Å². The minimum absolute atomic E-state index is 0.708. The number of H-pyrrole nitrogens is 1. The van der Waals surface area contributed by atoms with Crippen molar-refractivity contribution in [3.8, 4) is 11.3 Å². The Balaban J connectivity index is 2.60. The first-order chi connectivity index (χ1) is 6.68. The van der Waals surface area contributed by atoms with Crippen molar-refractivity contribution in [2.75, 3.05) is 0 Å². The summed E-state index contributed by atoms with van der Waals surface area (Å²) in [4.78, 5) is 2.99. The van der Waals surface area contributed by atoms with E-state index in [1.807, 2.05) is 42.1 Å². The first kappa shape index (κ1) is 9.49. The monoisotopic (exact) mass is 224 g/mol. The van der Waals surface area contributed by atoms with Crippen molar-refractivity contribution >= 4 is 23.8 Å². The normalized spacial score (nSPS) is 10.4. The number of nitrogens with one attached hydrogen (secondary N) is 1. The highest BCUT2D eigenvalue weighted by atomic mass is 35.5. The van der Waals surface area contributed by atoms with E-state index in [1.54, 1.807) is 0 Å². The number of hydrogen-bond donors (Lipinski definition) is 1. The molecule has 1 aromatic heterocycles. The van der Waals surface area contributed by atoms with Gasteiger partial charge in [-0.1, -0.05) is 23.7 Å². The first-order valence-electron chi connectivity index (χ1n) is 4.19. The fraction of sp³-hybridized carbons (Fsp3) is 0.100. The molecule has 0 unspecified atom stereocenters. The molecule has 0 amide bonds. The van der Waals surface area contributed by atoms with Gasteiger partial charge in [-0.15, -0.1) is 0 Å². The second-order valence-electron chi connectivity index (χ2n) is 3.05. The van der Waals surface area contributed by atoms with Gasteiger partial charge in [0.15, 0.2) is 4.77 Å². The summed E-state index contributed by atoms with van der Waals surface area (Å²) in [6.45, 7) is 0. The fourth-order valence-corrected chi connectivity index (χ4v) is 1.71. The number of aromatic amines is 1. The van der Waals surface area contributed by atoms with Crippen LogP contribution in [0.4, 0.5) is 0 Å². The Morgan fingerprint density at radius 1 is 1.43 bits per heavy atom. The topological polar surface area (TPSA) is 20.7 Å². The van der Waals surface area contributed by atoms with Crippen molar-refractivity contribution in [2.24, 2.45) is 7.05 Å². The molecule has 1 N–H and O–H groups in total. The van der Waals surface area contributed by atoms with E-state index < -0.39 is 0 Å². The fourth-order valence-electron chi connectivity index (χ4n) is 1.36. The third-order valence-corrected chi connectivity index (χ3v) is 2.75. The number of imidazole rings is 1. The van der Waals surface area contributed by atoms with Crippen molar-refractivity contribution < 1.29 is 0 Å². The Morgan fingerprint density at radius 3 is 2.79 bits per heavy atom. The van der Waals surface area contributed by atoms with Crippen LogP contribution in [0.25, 0.3) is 11.3 Å². The lowest BCUT2D eigenvalue weighted by Gasteiger charge is -2.02. The molecule has 1 heterocycles.